The summed E-state index contributed by atoms with van der Waals surface area (Å²) >= 11 is 0. The highest BCUT2D eigenvalue weighted by Crippen LogP contribution is 2.14. The van der Waals surface area contributed by atoms with Crippen molar-refractivity contribution in [2.45, 2.75) is 199 Å². The Morgan fingerprint density at radius 3 is 1.48 bits per heavy atom. The molecule has 324 valence electrons. The first-order valence-electron chi connectivity index (χ1n) is 22.7. The van der Waals surface area contributed by atoms with Gasteiger partial charge in [0, 0.05) is 19.3 Å². The number of unbranched alkanes of at least 4 members (excludes halogenated alkanes) is 18. The van der Waals surface area contributed by atoms with Gasteiger partial charge in [0.05, 0.1) is 40.3 Å². The average Bonchev–Trinajstić information content (AvgIpc) is 3.15. The van der Waals surface area contributed by atoms with Crippen LogP contribution in [0.25, 0.3) is 0 Å². The summed E-state index contributed by atoms with van der Waals surface area (Å²) < 4.78 is 17.1. The van der Waals surface area contributed by atoms with Gasteiger partial charge in [0.1, 0.15) is 12.6 Å². The third-order valence-corrected chi connectivity index (χ3v) is 9.98. The number of hydrogen-bond acceptors (Lipinski definition) is 7. The molecule has 2 atom stereocenters. The zero-order valence-corrected chi connectivity index (χ0v) is 36.8. The molecular weight excluding hydrogens is 703 g/mol. The third kappa shape index (κ3) is 36.9. The number of aliphatic carboxylic acids is 1. The Morgan fingerprint density at radius 1 is 0.554 bits per heavy atom. The summed E-state index contributed by atoms with van der Waals surface area (Å²) in [7, 11) is 5.40. The Hall–Kier alpha value is -2.71. The van der Waals surface area contributed by atoms with Crippen LogP contribution in [0.15, 0.2) is 48.6 Å². The van der Waals surface area contributed by atoms with E-state index in [4.69, 9.17) is 14.2 Å². The van der Waals surface area contributed by atoms with E-state index in [0.717, 1.165) is 64.2 Å². The van der Waals surface area contributed by atoms with Crippen LogP contribution in [-0.2, 0) is 28.6 Å². The molecule has 0 bridgehead atoms. The molecule has 8 nitrogen and oxygen atoms in total. The highest BCUT2D eigenvalue weighted by atomic mass is 16.6. The van der Waals surface area contributed by atoms with Crippen molar-refractivity contribution in [3.63, 3.8) is 0 Å². The van der Waals surface area contributed by atoms with Gasteiger partial charge < -0.3 is 28.6 Å². The van der Waals surface area contributed by atoms with Crippen molar-refractivity contribution in [1.29, 1.82) is 0 Å². The van der Waals surface area contributed by atoms with Crippen LogP contribution >= 0.6 is 0 Å². The van der Waals surface area contributed by atoms with Crippen molar-refractivity contribution in [2.24, 2.45) is 0 Å². The zero-order chi connectivity index (χ0) is 41.4. The number of quaternary nitrogens is 1. The lowest BCUT2D eigenvalue weighted by atomic mass is 10.0. The Kier molecular flexibility index (Phi) is 37.2. The Balaban J connectivity index is 4.21. The largest absolute Gasteiger partial charge is 0.544 e. The summed E-state index contributed by atoms with van der Waals surface area (Å²) in [6.07, 6.45) is 45.7. The number of carbonyl (C=O) groups excluding carboxylic acids is 3. The smallest absolute Gasteiger partial charge is 0.306 e. The van der Waals surface area contributed by atoms with Gasteiger partial charge >= 0.3 is 11.9 Å². The van der Waals surface area contributed by atoms with E-state index in [2.05, 4.69) is 62.5 Å². The van der Waals surface area contributed by atoms with E-state index in [1.54, 1.807) is 21.1 Å². The number of carboxylic acid groups (broad SMARTS) is 1. The Bertz CT molecular complexity index is 1060. The van der Waals surface area contributed by atoms with Crippen molar-refractivity contribution in [3.8, 4) is 0 Å². The number of carboxylic acids is 1. The molecule has 0 fully saturated rings. The SMILES string of the molecule is CC/C=C/C/C=C/C/C=C/C/C=C/CCCCCCCCCCCCC(=O)OC(COCCC(C(=O)[O-])[N+](C)(C)C)COC(=O)CCCCCCCCCCC. The van der Waals surface area contributed by atoms with Crippen molar-refractivity contribution in [3.05, 3.63) is 48.6 Å². The van der Waals surface area contributed by atoms with Crippen molar-refractivity contribution in [1.82, 2.24) is 0 Å². The minimum atomic E-state index is -1.13. The molecule has 0 N–H and O–H groups in total. The fourth-order valence-electron chi connectivity index (χ4n) is 6.47. The molecule has 56 heavy (non-hydrogen) atoms. The number of allylic oxidation sites excluding steroid dienone is 8. The zero-order valence-electron chi connectivity index (χ0n) is 36.8. The Morgan fingerprint density at radius 2 is 1.00 bits per heavy atom. The minimum absolute atomic E-state index is 0.0401. The van der Waals surface area contributed by atoms with Crippen LogP contribution in [0.1, 0.15) is 187 Å². The second-order valence-electron chi connectivity index (χ2n) is 16.3. The maximum atomic E-state index is 12.7. The predicted molar refractivity (Wildman–Crippen MR) is 231 cm³/mol. The molecule has 0 aromatic carbocycles. The van der Waals surface area contributed by atoms with Gasteiger partial charge in [-0.3, -0.25) is 9.59 Å². The topological polar surface area (TPSA) is 102 Å². The first kappa shape index (κ1) is 53.3. The summed E-state index contributed by atoms with van der Waals surface area (Å²) in [5.74, 6) is -1.74. The van der Waals surface area contributed by atoms with Gasteiger partial charge in [0.2, 0.25) is 0 Å². The quantitative estimate of drug-likeness (QED) is 0.0264. The highest BCUT2D eigenvalue weighted by molar-refractivity contribution is 5.70. The van der Waals surface area contributed by atoms with Crippen LogP contribution < -0.4 is 5.11 Å². The number of esters is 2. The molecule has 0 amide bonds. The summed E-state index contributed by atoms with van der Waals surface area (Å²) in [6, 6.07) is -0.725. The molecule has 0 spiro atoms. The molecule has 0 heterocycles. The molecule has 0 saturated carbocycles. The fraction of sp³-hybridized carbons (Fsp3) is 0.771. The van der Waals surface area contributed by atoms with Crippen LogP contribution in [-0.4, -0.2) is 75.5 Å². The number of ether oxygens (including phenoxy) is 3. The lowest BCUT2D eigenvalue weighted by Gasteiger charge is -2.34. The van der Waals surface area contributed by atoms with Crippen LogP contribution in [0.5, 0.6) is 0 Å². The lowest BCUT2D eigenvalue weighted by molar-refractivity contribution is -0.889. The molecule has 0 aromatic rings. The first-order chi connectivity index (χ1) is 27.1. The van der Waals surface area contributed by atoms with E-state index in [1.807, 2.05) is 0 Å². The van der Waals surface area contributed by atoms with Gasteiger partial charge in [-0.2, -0.15) is 0 Å². The molecule has 0 rings (SSSR count). The summed E-state index contributed by atoms with van der Waals surface area (Å²) in [4.78, 5) is 36.8. The minimum Gasteiger partial charge on any atom is -0.544 e. The third-order valence-electron chi connectivity index (χ3n) is 9.98. The Labute approximate surface area is 344 Å². The van der Waals surface area contributed by atoms with Gasteiger partial charge in [0.25, 0.3) is 0 Å². The van der Waals surface area contributed by atoms with Crippen LogP contribution in [0.4, 0.5) is 0 Å². The lowest BCUT2D eigenvalue weighted by Crippen LogP contribution is -2.55. The maximum Gasteiger partial charge on any atom is 0.306 e. The monoisotopic (exact) mass is 788 g/mol. The van der Waals surface area contributed by atoms with E-state index < -0.39 is 18.1 Å². The predicted octanol–water partition coefficient (Wildman–Crippen LogP) is 11.1. The van der Waals surface area contributed by atoms with Crippen molar-refractivity contribution >= 4 is 17.9 Å². The molecule has 0 aromatic heterocycles. The number of carbonyl (C=O) groups is 3. The van der Waals surface area contributed by atoms with Crippen LogP contribution in [0, 0.1) is 0 Å². The molecule has 0 saturated heterocycles. The first-order valence-corrected chi connectivity index (χ1v) is 22.7. The number of likely N-dealkylation sites (N-methyl/N-ethyl adjacent to an activating group) is 1. The molecule has 0 aliphatic heterocycles. The van der Waals surface area contributed by atoms with Gasteiger partial charge in [-0.1, -0.05) is 165 Å². The van der Waals surface area contributed by atoms with E-state index in [9.17, 15) is 19.5 Å². The van der Waals surface area contributed by atoms with Crippen molar-refractivity contribution in [2.75, 3.05) is 41.0 Å². The van der Waals surface area contributed by atoms with E-state index >= 15 is 0 Å². The number of hydrogen-bond donors (Lipinski definition) is 0. The summed E-state index contributed by atoms with van der Waals surface area (Å²) in [5, 5.41) is 11.6. The fourth-order valence-corrected chi connectivity index (χ4v) is 6.47. The number of nitrogens with zero attached hydrogens (tertiary/aromatic N) is 1. The standard InChI is InChI=1S/C48H85NO7/c1-6-8-10-12-14-16-17-18-19-20-21-22-23-24-25-26-27-28-29-31-33-35-37-39-47(51)56-44(42-54-41-40-45(48(52)53)49(3,4)5)43-55-46(50)38-36-34-32-30-15-13-11-9-7-2/h8,10,14,16,18-19,21-22,44-45H,6-7,9,11-13,15,17,20,23-43H2,1-5H3/b10-8+,16-14+,19-18+,22-21+. The molecular formula is C48H85NO7. The van der Waals surface area contributed by atoms with Gasteiger partial charge in [0.15, 0.2) is 6.10 Å². The normalized spacial score (nSPS) is 13.4. The van der Waals surface area contributed by atoms with Crippen molar-refractivity contribution < 1.29 is 38.2 Å². The molecule has 0 aliphatic rings. The van der Waals surface area contributed by atoms with Crippen LogP contribution in [0.2, 0.25) is 0 Å². The average molecular weight is 788 g/mol. The molecule has 8 heteroatoms. The maximum absolute atomic E-state index is 12.7. The molecule has 2 unspecified atom stereocenters. The highest BCUT2D eigenvalue weighted by Gasteiger charge is 2.25. The van der Waals surface area contributed by atoms with E-state index in [0.29, 0.717) is 12.8 Å². The van der Waals surface area contributed by atoms with Gasteiger partial charge in [-0.25, -0.2) is 0 Å². The summed E-state index contributed by atoms with van der Waals surface area (Å²) in [5.41, 5.74) is 0. The summed E-state index contributed by atoms with van der Waals surface area (Å²) in [6.45, 7) is 4.53. The van der Waals surface area contributed by atoms with Gasteiger partial charge in [-0.05, 0) is 51.4 Å². The van der Waals surface area contributed by atoms with E-state index in [1.165, 1.54) is 89.9 Å². The number of rotatable bonds is 40. The molecule has 0 aliphatic carbocycles. The molecule has 0 radical (unpaired) electrons. The second kappa shape index (κ2) is 39.1. The van der Waals surface area contributed by atoms with Gasteiger partial charge in [-0.15, -0.1) is 0 Å². The van der Waals surface area contributed by atoms with E-state index in [-0.39, 0.29) is 42.7 Å². The van der Waals surface area contributed by atoms with Crippen LogP contribution in [0.3, 0.4) is 0 Å². The second-order valence-corrected chi connectivity index (χ2v) is 16.3.